The minimum atomic E-state index is -0.959. The van der Waals surface area contributed by atoms with Crippen molar-refractivity contribution in [1.82, 2.24) is 9.97 Å². The Balaban J connectivity index is 1.79. The molecular formula is C18H15ClN4O2. The molecule has 1 heterocycles. The number of carboxylic acid groups (broad SMARTS) is 1. The van der Waals surface area contributed by atoms with Gasteiger partial charge in [-0.05, 0) is 55.5 Å². The molecule has 0 spiro atoms. The first-order valence-electron chi connectivity index (χ1n) is 7.48. The van der Waals surface area contributed by atoms with Gasteiger partial charge in [-0.3, -0.25) is 0 Å². The third-order valence-corrected chi connectivity index (χ3v) is 3.61. The molecule has 0 unspecified atom stereocenters. The molecule has 3 N–H and O–H groups in total. The van der Waals surface area contributed by atoms with E-state index in [9.17, 15) is 4.79 Å². The third-order valence-electron chi connectivity index (χ3n) is 3.36. The summed E-state index contributed by atoms with van der Waals surface area (Å²) >= 11 is 5.88. The average molecular weight is 355 g/mol. The molecule has 3 rings (SSSR count). The van der Waals surface area contributed by atoms with Crippen molar-refractivity contribution in [2.75, 3.05) is 10.6 Å². The van der Waals surface area contributed by atoms with E-state index in [0.717, 1.165) is 17.1 Å². The summed E-state index contributed by atoms with van der Waals surface area (Å²) in [5.41, 5.74) is 2.58. The Morgan fingerprint density at radius 2 is 1.56 bits per heavy atom. The topological polar surface area (TPSA) is 87.1 Å². The second kappa shape index (κ2) is 7.19. The molecule has 0 saturated carbocycles. The van der Waals surface area contributed by atoms with E-state index in [0.29, 0.717) is 16.8 Å². The number of anilines is 4. The largest absolute Gasteiger partial charge is 0.478 e. The predicted molar refractivity (Wildman–Crippen MR) is 98.2 cm³/mol. The van der Waals surface area contributed by atoms with Crippen LogP contribution < -0.4 is 10.6 Å². The van der Waals surface area contributed by atoms with Gasteiger partial charge < -0.3 is 15.7 Å². The lowest BCUT2D eigenvalue weighted by atomic mass is 10.2. The monoisotopic (exact) mass is 354 g/mol. The van der Waals surface area contributed by atoms with Gasteiger partial charge in [0.2, 0.25) is 5.95 Å². The summed E-state index contributed by atoms with van der Waals surface area (Å²) in [7, 11) is 0. The summed E-state index contributed by atoms with van der Waals surface area (Å²) in [6.07, 6.45) is 0. The van der Waals surface area contributed by atoms with E-state index < -0.39 is 5.97 Å². The standard InChI is InChI=1S/C18H15ClN4O2/c1-11-10-16(21-14-6-2-12(3-7-14)17(24)25)23-18(20-11)22-15-8-4-13(19)5-9-15/h2-10H,1H3,(H,24,25)(H2,20,21,22,23). The number of rotatable bonds is 5. The molecule has 0 radical (unpaired) electrons. The zero-order valence-electron chi connectivity index (χ0n) is 13.3. The van der Waals surface area contributed by atoms with Crippen LogP contribution in [-0.2, 0) is 0 Å². The van der Waals surface area contributed by atoms with Gasteiger partial charge in [0.15, 0.2) is 0 Å². The second-order valence-corrected chi connectivity index (χ2v) is 5.79. The number of nitrogens with one attached hydrogen (secondary N) is 2. The highest BCUT2D eigenvalue weighted by molar-refractivity contribution is 6.30. The lowest BCUT2D eigenvalue weighted by Gasteiger charge is -2.10. The molecule has 0 bridgehead atoms. The van der Waals surface area contributed by atoms with Crippen LogP contribution >= 0.6 is 11.6 Å². The van der Waals surface area contributed by atoms with Crippen molar-refractivity contribution < 1.29 is 9.90 Å². The summed E-state index contributed by atoms with van der Waals surface area (Å²) in [5.74, 6) is 0.0953. The number of halogens is 1. The van der Waals surface area contributed by atoms with Crippen LogP contribution in [0.4, 0.5) is 23.1 Å². The summed E-state index contributed by atoms with van der Waals surface area (Å²) in [6.45, 7) is 1.87. The van der Waals surface area contributed by atoms with Crippen molar-refractivity contribution in [1.29, 1.82) is 0 Å². The van der Waals surface area contributed by atoms with Crippen molar-refractivity contribution in [2.24, 2.45) is 0 Å². The van der Waals surface area contributed by atoms with Gasteiger partial charge in [0.1, 0.15) is 5.82 Å². The van der Waals surface area contributed by atoms with Gasteiger partial charge in [0.05, 0.1) is 5.56 Å². The summed E-state index contributed by atoms with van der Waals surface area (Å²) in [5, 5.41) is 15.9. The van der Waals surface area contributed by atoms with E-state index in [1.54, 1.807) is 30.3 Å². The smallest absolute Gasteiger partial charge is 0.335 e. The first kappa shape index (κ1) is 16.7. The van der Waals surface area contributed by atoms with Crippen LogP contribution in [0.3, 0.4) is 0 Å². The van der Waals surface area contributed by atoms with E-state index in [1.165, 1.54) is 12.1 Å². The maximum Gasteiger partial charge on any atom is 0.335 e. The zero-order valence-corrected chi connectivity index (χ0v) is 14.1. The number of hydrogen-bond donors (Lipinski definition) is 3. The highest BCUT2D eigenvalue weighted by atomic mass is 35.5. The minimum absolute atomic E-state index is 0.231. The Kier molecular flexibility index (Phi) is 4.81. The molecule has 1 aromatic heterocycles. The fraction of sp³-hybridized carbons (Fsp3) is 0.0556. The molecule has 25 heavy (non-hydrogen) atoms. The second-order valence-electron chi connectivity index (χ2n) is 5.36. The number of carbonyl (C=O) groups is 1. The van der Waals surface area contributed by atoms with Gasteiger partial charge in [-0.15, -0.1) is 0 Å². The van der Waals surface area contributed by atoms with Gasteiger partial charge in [-0.1, -0.05) is 11.6 Å². The molecule has 126 valence electrons. The quantitative estimate of drug-likeness (QED) is 0.619. The Morgan fingerprint density at radius 3 is 2.20 bits per heavy atom. The predicted octanol–water partition coefficient (Wildman–Crippen LogP) is 4.62. The molecule has 0 saturated heterocycles. The molecule has 0 aliphatic carbocycles. The van der Waals surface area contributed by atoms with Gasteiger partial charge in [0, 0.05) is 28.2 Å². The molecule has 3 aromatic rings. The van der Waals surface area contributed by atoms with E-state index in [-0.39, 0.29) is 5.56 Å². The summed E-state index contributed by atoms with van der Waals surface area (Å²) in [4.78, 5) is 19.7. The van der Waals surface area contributed by atoms with Gasteiger partial charge in [0.25, 0.3) is 0 Å². The highest BCUT2D eigenvalue weighted by Gasteiger charge is 2.05. The Bertz CT molecular complexity index is 896. The first-order chi connectivity index (χ1) is 12.0. The molecule has 0 aliphatic rings. The van der Waals surface area contributed by atoms with E-state index in [1.807, 2.05) is 19.1 Å². The summed E-state index contributed by atoms with van der Waals surface area (Å²) < 4.78 is 0. The molecule has 0 fully saturated rings. The van der Waals surface area contributed by atoms with Crippen LogP contribution in [0.2, 0.25) is 5.02 Å². The van der Waals surface area contributed by atoms with Crippen molar-refractivity contribution >= 4 is 40.7 Å². The van der Waals surface area contributed by atoms with Crippen molar-refractivity contribution in [3.05, 3.63) is 70.9 Å². The molecule has 6 nitrogen and oxygen atoms in total. The van der Waals surface area contributed by atoms with E-state index in [2.05, 4.69) is 20.6 Å². The number of carboxylic acids is 1. The summed E-state index contributed by atoms with van der Waals surface area (Å²) in [6, 6.07) is 15.5. The number of aromatic carboxylic acids is 1. The maximum atomic E-state index is 10.9. The molecule has 0 atom stereocenters. The molecule has 7 heteroatoms. The van der Waals surface area contributed by atoms with Crippen molar-refractivity contribution in [3.8, 4) is 0 Å². The lowest BCUT2D eigenvalue weighted by Crippen LogP contribution is -2.02. The zero-order chi connectivity index (χ0) is 17.8. The third kappa shape index (κ3) is 4.45. The number of nitrogens with zero attached hydrogens (tertiary/aromatic N) is 2. The van der Waals surface area contributed by atoms with Crippen LogP contribution in [0.25, 0.3) is 0 Å². The van der Waals surface area contributed by atoms with E-state index in [4.69, 9.17) is 16.7 Å². The minimum Gasteiger partial charge on any atom is -0.478 e. The van der Waals surface area contributed by atoms with Crippen LogP contribution in [0, 0.1) is 6.92 Å². The number of benzene rings is 2. The molecular weight excluding hydrogens is 340 g/mol. The first-order valence-corrected chi connectivity index (χ1v) is 7.86. The normalized spacial score (nSPS) is 10.3. The lowest BCUT2D eigenvalue weighted by molar-refractivity contribution is 0.0697. The fourth-order valence-corrected chi connectivity index (χ4v) is 2.32. The Labute approximate surface area is 149 Å². The van der Waals surface area contributed by atoms with E-state index >= 15 is 0 Å². The molecule has 0 aliphatic heterocycles. The average Bonchev–Trinajstić information content (AvgIpc) is 2.57. The van der Waals surface area contributed by atoms with Gasteiger partial charge in [-0.25, -0.2) is 9.78 Å². The van der Waals surface area contributed by atoms with Crippen LogP contribution in [0.15, 0.2) is 54.6 Å². The highest BCUT2D eigenvalue weighted by Crippen LogP contribution is 2.20. The molecule has 2 aromatic carbocycles. The Hall–Kier alpha value is -3.12. The van der Waals surface area contributed by atoms with Crippen LogP contribution in [0.5, 0.6) is 0 Å². The van der Waals surface area contributed by atoms with Crippen molar-refractivity contribution in [3.63, 3.8) is 0 Å². The number of aryl methyl sites for hydroxylation is 1. The SMILES string of the molecule is Cc1cc(Nc2ccc(C(=O)O)cc2)nc(Nc2ccc(Cl)cc2)n1. The molecule has 0 amide bonds. The number of hydrogen-bond acceptors (Lipinski definition) is 5. The Morgan fingerprint density at radius 1 is 0.960 bits per heavy atom. The van der Waals surface area contributed by atoms with Gasteiger partial charge in [-0.2, -0.15) is 4.98 Å². The van der Waals surface area contributed by atoms with Crippen LogP contribution in [-0.4, -0.2) is 21.0 Å². The maximum absolute atomic E-state index is 10.9. The van der Waals surface area contributed by atoms with Crippen molar-refractivity contribution in [2.45, 2.75) is 6.92 Å². The van der Waals surface area contributed by atoms with Gasteiger partial charge >= 0.3 is 5.97 Å². The number of aromatic nitrogens is 2. The fourth-order valence-electron chi connectivity index (χ4n) is 2.19. The van der Waals surface area contributed by atoms with Crippen LogP contribution in [0.1, 0.15) is 16.1 Å².